The van der Waals surface area contributed by atoms with Crippen molar-refractivity contribution in [3.8, 4) is 17.2 Å². The number of esters is 1. The minimum atomic E-state index is -0.557. The van der Waals surface area contributed by atoms with Gasteiger partial charge >= 0.3 is 5.97 Å². The maximum atomic E-state index is 13.8. The van der Waals surface area contributed by atoms with Gasteiger partial charge in [-0.1, -0.05) is 30.3 Å². The molecular weight excluding hydrogens is 661 g/mol. The third-order valence-electron chi connectivity index (χ3n) is 5.88. The standard InChI is InChI=1S/C31H24Br2FNO6/c1-3-40-28(36)18-35(31(38)19-8-5-4-6-9-19)22-15-25(32)30(26(33)16-22)41-23-12-13-27(39-2)24(17-23)29(37)20-10-7-11-21(34)14-20/h4-17H,3,18H2,1-2H3. The van der Waals surface area contributed by atoms with Gasteiger partial charge in [-0.05, 0) is 93.4 Å². The van der Waals surface area contributed by atoms with Crippen LogP contribution in [-0.4, -0.2) is 37.9 Å². The first-order valence-electron chi connectivity index (χ1n) is 12.4. The molecule has 0 unspecified atom stereocenters. The second-order valence-electron chi connectivity index (χ2n) is 8.60. The van der Waals surface area contributed by atoms with Gasteiger partial charge in [-0.25, -0.2) is 4.39 Å². The van der Waals surface area contributed by atoms with Crippen molar-refractivity contribution in [2.75, 3.05) is 25.2 Å². The summed E-state index contributed by atoms with van der Waals surface area (Å²) in [5.74, 6) is -0.948. The predicted molar refractivity (Wildman–Crippen MR) is 159 cm³/mol. The average Bonchev–Trinajstić information content (AvgIpc) is 2.97. The molecule has 0 saturated carbocycles. The molecule has 0 radical (unpaired) electrons. The maximum absolute atomic E-state index is 13.8. The van der Waals surface area contributed by atoms with E-state index in [2.05, 4.69) is 31.9 Å². The van der Waals surface area contributed by atoms with Crippen molar-refractivity contribution >= 4 is 55.2 Å². The number of nitrogens with zero attached hydrogens (tertiary/aromatic N) is 1. The largest absolute Gasteiger partial charge is 0.496 e. The third-order valence-corrected chi connectivity index (χ3v) is 7.05. The molecule has 0 heterocycles. The van der Waals surface area contributed by atoms with E-state index in [0.29, 0.717) is 37.4 Å². The fourth-order valence-electron chi connectivity index (χ4n) is 3.98. The minimum Gasteiger partial charge on any atom is -0.496 e. The molecule has 0 bridgehead atoms. The molecule has 0 aliphatic heterocycles. The minimum absolute atomic E-state index is 0.164. The predicted octanol–water partition coefficient (Wildman–Crippen LogP) is 7.59. The van der Waals surface area contributed by atoms with Crippen molar-refractivity contribution in [3.63, 3.8) is 0 Å². The van der Waals surface area contributed by atoms with Crippen molar-refractivity contribution in [1.29, 1.82) is 0 Å². The van der Waals surface area contributed by atoms with E-state index in [1.807, 2.05) is 0 Å². The Morgan fingerprint density at radius 3 is 2.17 bits per heavy atom. The van der Waals surface area contributed by atoms with Crippen molar-refractivity contribution in [2.45, 2.75) is 6.92 Å². The van der Waals surface area contributed by atoms with Crippen molar-refractivity contribution in [1.82, 2.24) is 0 Å². The fourth-order valence-corrected chi connectivity index (χ4v) is 5.31. The summed E-state index contributed by atoms with van der Waals surface area (Å²) in [6, 6.07) is 22.0. The number of carbonyl (C=O) groups excluding carboxylic acids is 3. The molecule has 0 saturated heterocycles. The Morgan fingerprint density at radius 1 is 0.854 bits per heavy atom. The zero-order valence-corrected chi connectivity index (χ0v) is 25.2. The first-order chi connectivity index (χ1) is 19.7. The highest BCUT2D eigenvalue weighted by Gasteiger charge is 2.24. The van der Waals surface area contributed by atoms with Crippen LogP contribution in [-0.2, 0) is 9.53 Å². The molecule has 0 aromatic heterocycles. The lowest BCUT2D eigenvalue weighted by Gasteiger charge is -2.23. The number of amides is 1. The number of carbonyl (C=O) groups is 3. The van der Waals surface area contributed by atoms with Crippen LogP contribution in [0.15, 0.2) is 93.9 Å². The molecule has 7 nitrogen and oxygen atoms in total. The SMILES string of the molecule is CCOC(=O)CN(C(=O)c1ccccc1)c1cc(Br)c(Oc2ccc(OC)c(C(=O)c3cccc(F)c3)c2)c(Br)c1. The lowest BCUT2D eigenvalue weighted by Crippen LogP contribution is -2.36. The monoisotopic (exact) mass is 683 g/mol. The first kappa shape index (κ1) is 30.0. The molecule has 10 heteroatoms. The van der Waals surface area contributed by atoms with E-state index in [1.54, 1.807) is 61.5 Å². The number of methoxy groups -OCH3 is 1. The van der Waals surface area contributed by atoms with Gasteiger partial charge in [-0.3, -0.25) is 19.3 Å². The Morgan fingerprint density at radius 2 is 1.54 bits per heavy atom. The van der Waals surface area contributed by atoms with Crippen LogP contribution in [0.3, 0.4) is 0 Å². The first-order valence-corrected chi connectivity index (χ1v) is 14.0. The summed E-state index contributed by atoms with van der Waals surface area (Å²) in [5, 5.41) is 0. The van der Waals surface area contributed by atoms with E-state index in [-0.39, 0.29) is 30.2 Å². The van der Waals surface area contributed by atoms with Gasteiger partial charge in [0.15, 0.2) is 11.5 Å². The van der Waals surface area contributed by atoms with E-state index >= 15 is 0 Å². The van der Waals surface area contributed by atoms with Crippen LogP contribution in [0.5, 0.6) is 17.2 Å². The Balaban J connectivity index is 1.67. The number of anilines is 1. The van der Waals surface area contributed by atoms with E-state index in [4.69, 9.17) is 14.2 Å². The van der Waals surface area contributed by atoms with Gasteiger partial charge in [0.2, 0.25) is 0 Å². The topological polar surface area (TPSA) is 82.1 Å². The number of hydrogen-bond acceptors (Lipinski definition) is 6. The van der Waals surface area contributed by atoms with E-state index in [9.17, 15) is 18.8 Å². The summed E-state index contributed by atoms with van der Waals surface area (Å²) in [5.41, 5.74) is 1.17. The summed E-state index contributed by atoms with van der Waals surface area (Å²) in [6.07, 6.45) is 0. The summed E-state index contributed by atoms with van der Waals surface area (Å²) in [6.45, 7) is 1.57. The molecule has 41 heavy (non-hydrogen) atoms. The lowest BCUT2D eigenvalue weighted by atomic mass is 10.0. The van der Waals surface area contributed by atoms with Crippen LogP contribution in [0.25, 0.3) is 0 Å². The third kappa shape index (κ3) is 7.20. The van der Waals surface area contributed by atoms with Crippen LogP contribution < -0.4 is 14.4 Å². The van der Waals surface area contributed by atoms with E-state index < -0.39 is 17.6 Å². The van der Waals surface area contributed by atoms with Crippen molar-refractivity contribution in [2.24, 2.45) is 0 Å². The lowest BCUT2D eigenvalue weighted by molar-refractivity contribution is -0.141. The van der Waals surface area contributed by atoms with Crippen molar-refractivity contribution in [3.05, 3.63) is 116 Å². The summed E-state index contributed by atoms with van der Waals surface area (Å²) in [7, 11) is 1.43. The Kier molecular flexibility index (Phi) is 9.91. The van der Waals surface area contributed by atoms with Gasteiger partial charge < -0.3 is 14.2 Å². The number of ketones is 1. The highest BCUT2D eigenvalue weighted by Crippen LogP contribution is 2.41. The second-order valence-corrected chi connectivity index (χ2v) is 10.3. The Labute approximate surface area is 253 Å². The van der Waals surface area contributed by atoms with Gasteiger partial charge in [-0.15, -0.1) is 0 Å². The zero-order valence-electron chi connectivity index (χ0n) is 22.0. The quantitative estimate of drug-likeness (QED) is 0.126. The number of rotatable bonds is 10. The van der Waals surface area contributed by atoms with Gasteiger partial charge in [0.1, 0.15) is 23.9 Å². The highest BCUT2D eigenvalue weighted by atomic mass is 79.9. The van der Waals surface area contributed by atoms with Gasteiger partial charge in [0, 0.05) is 16.8 Å². The molecule has 0 spiro atoms. The molecule has 0 N–H and O–H groups in total. The average molecular weight is 685 g/mol. The van der Waals surface area contributed by atoms with Crippen LogP contribution in [0.1, 0.15) is 33.2 Å². The number of halogens is 3. The molecule has 0 aliphatic carbocycles. The molecule has 210 valence electrons. The Bertz CT molecular complexity index is 1570. The number of hydrogen-bond donors (Lipinski definition) is 0. The Hall–Kier alpha value is -4.02. The van der Waals surface area contributed by atoms with Gasteiger partial charge in [-0.2, -0.15) is 0 Å². The van der Waals surface area contributed by atoms with Crippen LogP contribution in [0.2, 0.25) is 0 Å². The smallest absolute Gasteiger partial charge is 0.326 e. The molecular formula is C31H24Br2FNO6. The molecule has 0 atom stereocenters. The molecule has 0 fully saturated rings. The molecule has 4 aromatic carbocycles. The summed E-state index contributed by atoms with van der Waals surface area (Å²) >= 11 is 7.01. The normalized spacial score (nSPS) is 10.6. The van der Waals surface area contributed by atoms with E-state index in [1.165, 1.54) is 36.3 Å². The van der Waals surface area contributed by atoms with Crippen LogP contribution in [0, 0.1) is 5.82 Å². The fraction of sp³-hybridized carbons (Fsp3) is 0.129. The molecule has 4 rings (SSSR count). The van der Waals surface area contributed by atoms with Crippen LogP contribution in [0.4, 0.5) is 10.1 Å². The zero-order chi connectivity index (χ0) is 29.5. The molecule has 1 amide bonds. The van der Waals surface area contributed by atoms with Gasteiger partial charge in [0.05, 0.1) is 28.2 Å². The maximum Gasteiger partial charge on any atom is 0.326 e. The number of benzene rings is 4. The van der Waals surface area contributed by atoms with Crippen LogP contribution >= 0.6 is 31.9 Å². The second kappa shape index (κ2) is 13.6. The summed E-state index contributed by atoms with van der Waals surface area (Å²) < 4.78 is 31.3. The number of ether oxygens (including phenoxy) is 3. The highest BCUT2D eigenvalue weighted by molar-refractivity contribution is 9.11. The van der Waals surface area contributed by atoms with Gasteiger partial charge in [0.25, 0.3) is 5.91 Å². The van der Waals surface area contributed by atoms with Crippen molar-refractivity contribution < 1.29 is 33.0 Å². The molecule has 0 aliphatic rings. The molecule has 4 aromatic rings. The summed E-state index contributed by atoms with van der Waals surface area (Å²) in [4.78, 5) is 40.2. The van der Waals surface area contributed by atoms with E-state index in [0.717, 1.165) is 6.07 Å².